The van der Waals surface area contributed by atoms with Crippen molar-refractivity contribution in [1.29, 1.82) is 0 Å². The maximum Gasteiger partial charge on any atom is 0.243 e. The largest absolute Gasteiger partial charge is 0.354 e. The van der Waals surface area contributed by atoms with E-state index in [0.717, 1.165) is 44.0 Å². The number of amides is 2. The molecule has 1 aromatic heterocycles. The normalized spacial score (nSPS) is 17.4. The van der Waals surface area contributed by atoms with Crippen molar-refractivity contribution in [2.75, 3.05) is 24.5 Å². The Bertz CT molecular complexity index is 922. The van der Waals surface area contributed by atoms with Gasteiger partial charge in [-0.3, -0.25) is 19.4 Å². The first-order valence-electron chi connectivity index (χ1n) is 11.0. The molecule has 0 saturated heterocycles. The van der Waals surface area contributed by atoms with Crippen LogP contribution in [0.4, 0.5) is 5.82 Å². The fraction of sp³-hybridized carbons (Fsp3) is 0.522. The molecule has 2 aliphatic heterocycles. The molecule has 1 aromatic carbocycles. The molecule has 7 heteroatoms. The number of nitrogens with zero attached hydrogens (tertiary/aromatic N) is 4. The van der Waals surface area contributed by atoms with Gasteiger partial charge in [-0.05, 0) is 37.3 Å². The van der Waals surface area contributed by atoms with Crippen molar-refractivity contribution in [3.05, 3.63) is 47.2 Å². The van der Waals surface area contributed by atoms with E-state index in [9.17, 15) is 9.59 Å². The minimum absolute atomic E-state index is 0.00335. The summed E-state index contributed by atoms with van der Waals surface area (Å²) in [6, 6.07) is 10.0. The zero-order valence-corrected chi connectivity index (χ0v) is 17.9. The molecule has 3 heterocycles. The predicted octanol–water partition coefficient (Wildman–Crippen LogP) is 2.27. The third kappa shape index (κ3) is 4.26. The second-order valence-corrected chi connectivity index (χ2v) is 8.24. The van der Waals surface area contributed by atoms with Gasteiger partial charge in [-0.25, -0.2) is 4.68 Å². The highest BCUT2D eigenvalue weighted by Crippen LogP contribution is 2.26. The van der Waals surface area contributed by atoms with Gasteiger partial charge < -0.3 is 5.32 Å². The Kier molecular flexibility index (Phi) is 6.18. The molecule has 2 aromatic rings. The molecule has 7 nitrogen and oxygen atoms in total. The van der Waals surface area contributed by atoms with Crippen LogP contribution in [0, 0.1) is 6.92 Å². The van der Waals surface area contributed by atoms with Gasteiger partial charge in [0, 0.05) is 38.7 Å². The molecule has 2 aliphatic rings. The summed E-state index contributed by atoms with van der Waals surface area (Å²) in [6.07, 6.45) is 2.94. The van der Waals surface area contributed by atoms with Crippen LogP contribution in [-0.4, -0.2) is 52.2 Å². The molecule has 0 spiro atoms. The predicted molar refractivity (Wildman–Crippen MR) is 116 cm³/mol. The van der Waals surface area contributed by atoms with E-state index in [1.54, 1.807) is 4.90 Å². The lowest BCUT2D eigenvalue weighted by atomic mass is 10.00. The molecular formula is C23H31N5O2. The van der Waals surface area contributed by atoms with E-state index in [1.807, 2.05) is 24.6 Å². The van der Waals surface area contributed by atoms with Crippen molar-refractivity contribution >= 4 is 17.6 Å². The van der Waals surface area contributed by atoms with Crippen LogP contribution < -0.4 is 10.2 Å². The van der Waals surface area contributed by atoms with E-state index >= 15 is 0 Å². The summed E-state index contributed by atoms with van der Waals surface area (Å²) in [7, 11) is 0. The number of aryl methyl sites for hydroxylation is 2. The SMILES string of the molecule is CCC(C(=O)NCCCN1CCc2ccccc2C1)N1C(=O)CCn2nc(C)cc21. The van der Waals surface area contributed by atoms with Gasteiger partial charge in [0.05, 0.1) is 12.2 Å². The third-order valence-electron chi connectivity index (χ3n) is 6.09. The quantitative estimate of drug-likeness (QED) is 0.713. The summed E-state index contributed by atoms with van der Waals surface area (Å²) in [5, 5.41) is 7.50. The molecular weight excluding hydrogens is 378 g/mol. The zero-order chi connectivity index (χ0) is 21.1. The Morgan fingerprint density at radius 3 is 2.80 bits per heavy atom. The summed E-state index contributed by atoms with van der Waals surface area (Å²) in [5.74, 6) is 0.649. The molecule has 0 aliphatic carbocycles. The Morgan fingerprint density at radius 1 is 1.20 bits per heavy atom. The highest BCUT2D eigenvalue weighted by Gasteiger charge is 2.34. The van der Waals surface area contributed by atoms with Crippen molar-refractivity contribution in [2.24, 2.45) is 0 Å². The second-order valence-electron chi connectivity index (χ2n) is 8.24. The summed E-state index contributed by atoms with van der Waals surface area (Å²) in [6.45, 7) is 8.06. The first-order chi connectivity index (χ1) is 14.6. The number of carbonyl (C=O) groups is 2. The van der Waals surface area contributed by atoms with Crippen LogP contribution in [0.15, 0.2) is 30.3 Å². The lowest BCUT2D eigenvalue weighted by Crippen LogP contribution is -2.52. The molecule has 160 valence electrons. The summed E-state index contributed by atoms with van der Waals surface area (Å²) in [4.78, 5) is 29.6. The first kappa shape index (κ1) is 20.6. The maximum atomic E-state index is 12.9. The fourth-order valence-electron chi connectivity index (χ4n) is 4.54. The Morgan fingerprint density at radius 2 is 2.00 bits per heavy atom. The van der Waals surface area contributed by atoms with Gasteiger partial charge >= 0.3 is 0 Å². The standard InChI is InChI=1S/C23H31N5O2/c1-3-20(28-21-15-17(2)25-27(21)14-10-22(28)29)23(30)24-11-6-12-26-13-9-18-7-4-5-8-19(18)16-26/h4-5,7-8,15,20H,3,6,9-14,16H2,1-2H3,(H,24,30). The van der Waals surface area contributed by atoms with Gasteiger partial charge in [-0.15, -0.1) is 0 Å². The van der Waals surface area contributed by atoms with Crippen molar-refractivity contribution in [1.82, 2.24) is 20.0 Å². The Labute approximate surface area is 178 Å². The van der Waals surface area contributed by atoms with Gasteiger partial charge in [-0.1, -0.05) is 31.2 Å². The number of hydrogen-bond donors (Lipinski definition) is 1. The van der Waals surface area contributed by atoms with Crippen molar-refractivity contribution < 1.29 is 9.59 Å². The summed E-state index contributed by atoms with van der Waals surface area (Å²) in [5.41, 5.74) is 3.73. The number of rotatable bonds is 7. The number of benzene rings is 1. The molecule has 2 amide bonds. The van der Waals surface area contributed by atoms with Crippen molar-refractivity contribution in [3.63, 3.8) is 0 Å². The van der Waals surface area contributed by atoms with Crippen molar-refractivity contribution in [3.8, 4) is 0 Å². The fourth-order valence-corrected chi connectivity index (χ4v) is 4.54. The number of fused-ring (bicyclic) bond motifs is 2. The molecule has 0 bridgehead atoms. The molecule has 30 heavy (non-hydrogen) atoms. The minimum Gasteiger partial charge on any atom is -0.354 e. The van der Waals surface area contributed by atoms with Gasteiger partial charge in [0.25, 0.3) is 0 Å². The number of nitrogens with one attached hydrogen (secondary N) is 1. The zero-order valence-electron chi connectivity index (χ0n) is 17.9. The number of aromatic nitrogens is 2. The number of anilines is 1. The van der Waals surface area contributed by atoms with E-state index in [4.69, 9.17) is 0 Å². The van der Waals surface area contributed by atoms with E-state index < -0.39 is 6.04 Å². The highest BCUT2D eigenvalue weighted by molar-refractivity contribution is 6.00. The molecule has 1 unspecified atom stereocenters. The van der Waals surface area contributed by atoms with Crippen LogP contribution in [0.25, 0.3) is 0 Å². The molecule has 0 fully saturated rings. The van der Waals surface area contributed by atoms with Crippen LogP contribution in [0.2, 0.25) is 0 Å². The molecule has 0 saturated carbocycles. The summed E-state index contributed by atoms with van der Waals surface area (Å²) >= 11 is 0. The molecule has 0 radical (unpaired) electrons. The molecule has 1 N–H and O–H groups in total. The van der Waals surface area contributed by atoms with Crippen LogP contribution in [0.3, 0.4) is 0 Å². The number of carbonyl (C=O) groups excluding carboxylic acids is 2. The Balaban J connectivity index is 1.30. The van der Waals surface area contributed by atoms with Crippen LogP contribution in [-0.2, 0) is 29.1 Å². The van der Waals surface area contributed by atoms with Crippen LogP contribution in [0.1, 0.15) is 43.0 Å². The average molecular weight is 410 g/mol. The first-order valence-corrected chi connectivity index (χ1v) is 11.0. The van der Waals surface area contributed by atoms with Gasteiger partial charge in [0.15, 0.2) is 0 Å². The minimum atomic E-state index is -0.491. The smallest absolute Gasteiger partial charge is 0.243 e. The maximum absolute atomic E-state index is 12.9. The third-order valence-corrected chi connectivity index (χ3v) is 6.09. The average Bonchev–Trinajstić information content (AvgIpc) is 3.13. The van der Waals surface area contributed by atoms with Crippen LogP contribution in [0.5, 0.6) is 0 Å². The van der Waals surface area contributed by atoms with Crippen molar-refractivity contribution in [2.45, 2.75) is 58.7 Å². The van der Waals surface area contributed by atoms with E-state index in [0.29, 0.717) is 25.9 Å². The summed E-state index contributed by atoms with van der Waals surface area (Å²) < 4.78 is 1.83. The monoisotopic (exact) mass is 409 g/mol. The van der Waals surface area contributed by atoms with Gasteiger partial charge in [-0.2, -0.15) is 5.10 Å². The molecule has 1 atom stereocenters. The molecule has 4 rings (SSSR count). The van der Waals surface area contributed by atoms with Crippen LogP contribution >= 0.6 is 0 Å². The van der Waals surface area contributed by atoms with Gasteiger partial charge in [0.2, 0.25) is 11.8 Å². The van der Waals surface area contributed by atoms with Gasteiger partial charge in [0.1, 0.15) is 11.9 Å². The second kappa shape index (κ2) is 9.00. The Hall–Kier alpha value is -2.67. The lowest BCUT2D eigenvalue weighted by molar-refractivity contribution is -0.127. The topological polar surface area (TPSA) is 70.5 Å². The lowest BCUT2D eigenvalue weighted by Gasteiger charge is -2.33. The highest BCUT2D eigenvalue weighted by atomic mass is 16.2. The van der Waals surface area contributed by atoms with E-state index in [2.05, 4.69) is 39.6 Å². The van der Waals surface area contributed by atoms with E-state index in [1.165, 1.54) is 11.1 Å². The number of hydrogen-bond acceptors (Lipinski definition) is 4. The van der Waals surface area contributed by atoms with E-state index in [-0.39, 0.29) is 11.8 Å².